The lowest BCUT2D eigenvalue weighted by molar-refractivity contribution is 0.340. The third-order valence-corrected chi connectivity index (χ3v) is 7.25. The van der Waals surface area contributed by atoms with Gasteiger partial charge in [0.15, 0.2) is 11.5 Å². The second-order valence-electron chi connectivity index (χ2n) is 9.34. The Kier molecular flexibility index (Phi) is 7.11. The van der Waals surface area contributed by atoms with Crippen molar-refractivity contribution >= 4 is 22.4 Å². The molecular weight excluding hydrogens is 440 g/mol. The lowest BCUT2D eigenvalue weighted by Crippen LogP contribution is -2.47. The minimum Gasteiger partial charge on any atom is -0.493 e. The standard InChI is InChI=1S/C28H36N4O3/c1-4-35-24-13-9-8-12-23(24)31-14-16-32(17-15-31)28-21-18-25(33-2)26(34-3)19-22(21)29-27(30-28)20-10-6-5-7-11-20/h8-9,12-13,18-20H,4-7,10-11,14-17H2,1-3H3. The Hall–Kier alpha value is -3.22. The van der Waals surface area contributed by atoms with Crippen LogP contribution in [0.25, 0.3) is 10.9 Å². The van der Waals surface area contributed by atoms with E-state index in [0.717, 1.165) is 60.2 Å². The maximum atomic E-state index is 5.89. The average molecular weight is 477 g/mol. The number of methoxy groups -OCH3 is 2. The van der Waals surface area contributed by atoms with E-state index in [1.54, 1.807) is 14.2 Å². The van der Waals surface area contributed by atoms with Crippen molar-refractivity contribution < 1.29 is 14.2 Å². The molecule has 35 heavy (non-hydrogen) atoms. The Bertz CT molecular complexity index is 1150. The Morgan fingerprint density at radius 2 is 1.51 bits per heavy atom. The fourth-order valence-corrected chi connectivity index (χ4v) is 5.40. The molecule has 7 heteroatoms. The summed E-state index contributed by atoms with van der Waals surface area (Å²) >= 11 is 0. The third-order valence-electron chi connectivity index (χ3n) is 7.25. The van der Waals surface area contributed by atoms with E-state index >= 15 is 0 Å². The number of para-hydroxylation sites is 2. The maximum absolute atomic E-state index is 5.89. The summed E-state index contributed by atoms with van der Waals surface area (Å²) in [6.07, 6.45) is 6.16. The van der Waals surface area contributed by atoms with Crippen LogP contribution in [0.5, 0.6) is 17.2 Å². The highest BCUT2D eigenvalue weighted by atomic mass is 16.5. The van der Waals surface area contributed by atoms with Gasteiger partial charge < -0.3 is 24.0 Å². The number of nitrogens with zero attached hydrogens (tertiary/aromatic N) is 4. The van der Waals surface area contributed by atoms with Gasteiger partial charge in [-0.1, -0.05) is 31.4 Å². The van der Waals surface area contributed by atoms with Gasteiger partial charge in [-0.15, -0.1) is 0 Å². The number of hydrogen-bond acceptors (Lipinski definition) is 7. The van der Waals surface area contributed by atoms with Gasteiger partial charge in [-0.05, 0) is 38.0 Å². The zero-order chi connectivity index (χ0) is 24.2. The summed E-state index contributed by atoms with van der Waals surface area (Å²) in [5, 5.41) is 1.02. The molecule has 2 heterocycles. The topological polar surface area (TPSA) is 60.0 Å². The largest absolute Gasteiger partial charge is 0.493 e. The number of anilines is 2. The van der Waals surface area contributed by atoms with Crippen LogP contribution in [0, 0.1) is 0 Å². The van der Waals surface area contributed by atoms with Gasteiger partial charge in [-0.2, -0.15) is 0 Å². The summed E-state index contributed by atoms with van der Waals surface area (Å²) < 4.78 is 17.1. The van der Waals surface area contributed by atoms with Crippen molar-refractivity contribution in [3.05, 3.63) is 42.2 Å². The van der Waals surface area contributed by atoms with Crippen LogP contribution in [0.3, 0.4) is 0 Å². The molecule has 1 saturated heterocycles. The second-order valence-corrected chi connectivity index (χ2v) is 9.34. The molecule has 5 rings (SSSR count). The first kappa shape index (κ1) is 23.5. The smallest absolute Gasteiger partial charge is 0.162 e. The molecule has 1 aromatic heterocycles. The minimum atomic E-state index is 0.430. The van der Waals surface area contributed by atoms with Gasteiger partial charge in [-0.3, -0.25) is 0 Å². The first-order valence-corrected chi connectivity index (χ1v) is 12.9. The molecule has 0 radical (unpaired) electrons. The Morgan fingerprint density at radius 1 is 0.829 bits per heavy atom. The first-order valence-electron chi connectivity index (χ1n) is 12.9. The highest BCUT2D eigenvalue weighted by Crippen LogP contribution is 2.39. The van der Waals surface area contributed by atoms with Crippen LogP contribution < -0.4 is 24.0 Å². The zero-order valence-corrected chi connectivity index (χ0v) is 21.1. The monoisotopic (exact) mass is 476 g/mol. The molecule has 0 unspecified atom stereocenters. The van der Waals surface area contributed by atoms with Crippen LogP contribution in [0.1, 0.15) is 50.8 Å². The third kappa shape index (κ3) is 4.81. The van der Waals surface area contributed by atoms with Crippen molar-refractivity contribution in [2.24, 2.45) is 0 Å². The molecule has 3 aromatic rings. The number of benzene rings is 2. The van der Waals surface area contributed by atoms with Crippen molar-refractivity contribution in [3.8, 4) is 17.2 Å². The number of ether oxygens (including phenoxy) is 3. The molecule has 0 N–H and O–H groups in total. The molecule has 1 saturated carbocycles. The molecule has 0 spiro atoms. The van der Waals surface area contributed by atoms with Gasteiger partial charge in [-0.25, -0.2) is 9.97 Å². The van der Waals surface area contributed by atoms with Gasteiger partial charge in [0.1, 0.15) is 17.4 Å². The molecule has 2 aromatic carbocycles. The summed E-state index contributed by atoms with van der Waals surface area (Å²) in [4.78, 5) is 15.0. The molecule has 0 atom stereocenters. The van der Waals surface area contributed by atoms with Crippen molar-refractivity contribution in [3.63, 3.8) is 0 Å². The van der Waals surface area contributed by atoms with Crippen molar-refractivity contribution in [2.45, 2.75) is 44.9 Å². The fourth-order valence-electron chi connectivity index (χ4n) is 5.40. The van der Waals surface area contributed by atoms with E-state index in [0.29, 0.717) is 24.0 Å². The molecule has 2 fully saturated rings. The van der Waals surface area contributed by atoms with E-state index in [4.69, 9.17) is 24.2 Å². The van der Waals surface area contributed by atoms with Crippen LogP contribution in [-0.4, -0.2) is 57.0 Å². The van der Waals surface area contributed by atoms with Crippen molar-refractivity contribution in [1.29, 1.82) is 0 Å². The highest BCUT2D eigenvalue weighted by Gasteiger charge is 2.26. The van der Waals surface area contributed by atoms with Gasteiger partial charge in [0.05, 0.1) is 32.0 Å². The molecular formula is C28H36N4O3. The summed E-state index contributed by atoms with van der Waals surface area (Å²) in [6.45, 7) is 6.26. The summed E-state index contributed by atoms with van der Waals surface area (Å²) in [5.74, 6) is 4.78. The molecule has 7 nitrogen and oxygen atoms in total. The SMILES string of the molecule is CCOc1ccccc1N1CCN(c2nc(C3CCCCC3)nc3cc(OC)c(OC)cc23)CC1. The summed E-state index contributed by atoms with van der Waals surface area (Å²) in [6, 6.07) is 12.4. The van der Waals surface area contributed by atoms with Crippen LogP contribution in [0.15, 0.2) is 36.4 Å². The van der Waals surface area contributed by atoms with E-state index < -0.39 is 0 Å². The Balaban J connectivity index is 1.48. The molecule has 1 aliphatic carbocycles. The molecule has 186 valence electrons. The fraction of sp³-hybridized carbons (Fsp3) is 0.500. The Labute approximate surface area is 208 Å². The summed E-state index contributed by atoms with van der Waals surface area (Å²) in [7, 11) is 3.35. The van der Waals surface area contributed by atoms with Crippen molar-refractivity contribution in [2.75, 3.05) is 56.8 Å². The van der Waals surface area contributed by atoms with E-state index in [1.165, 1.54) is 32.1 Å². The minimum absolute atomic E-state index is 0.430. The van der Waals surface area contributed by atoms with E-state index in [9.17, 15) is 0 Å². The zero-order valence-electron chi connectivity index (χ0n) is 21.1. The average Bonchev–Trinajstić information content (AvgIpc) is 2.92. The van der Waals surface area contributed by atoms with Crippen LogP contribution in [-0.2, 0) is 0 Å². The Morgan fingerprint density at radius 3 is 2.23 bits per heavy atom. The van der Waals surface area contributed by atoms with Gasteiger partial charge in [0.2, 0.25) is 0 Å². The first-order chi connectivity index (χ1) is 17.2. The van der Waals surface area contributed by atoms with E-state index in [2.05, 4.69) is 28.0 Å². The molecule has 0 amide bonds. The highest BCUT2D eigenvalue weighted by molar-refractivity contribution is 5.92. The molecule has 2 aliphatic rings. The van der Waals surface area contributed by atoms with Gasteiger partial charge in [0, 0.05) is 43.5 Å². The number of hydrogen-bond donors (Lipinski definition) is 0. The maximum Gasteiger partial charge on any atom is 0.162 e. The molecule has 1 aliphatic heterocycles. The summed E-state index contributed by atoms with van der Waals surface area (Å²) in [5.41, 5.74) is 2.09. The lowest BCUT2D eigenvalue weighted by Gasteiger charge is -2.38. The van der Waals surface area contributed by atoms with Crippen LogP contribution in [0.4, 0.5) is 11.5 Å². The van der Waals surface area contributed by atoms with Gasteiger partial charge >= 0.3 is 0 Å². The predicted octanol–water partition coefficient (Wildman–Crippen LogP) is 5.42. The van der Waals surface area contributed by atoms with E-state index in [1.807, 2.05) is 25.1 Å². The lowest BCUT2D eigenvalue weighted by atomic mass is 9.88. The number of rotatable bonds is 7. The number of piperazine rings is 1. The van der Waals surface area contributed by atoms with E-state index in [-0.39, 0.29) is 0 Å². The van der Waals surface area contributed by atoms with Crippen LogP contribution >= 0.6 is 0 Å². The van der Waals surface area contributed by atoms with Crippen molar-refractivity contribution in [1.82, 2.24) is 9.97 Å². The second kappa shape index (κ2) is 10.6. The number of aromatic nitrogens is 2. The predicted molar refractivity (Wildman–Crippen MR) is 141 cm³/mol. The molecule has 0 bridgehead atoms. The normalized spacial score (nSPS) is 17.0. The number of fused-ring (bicyclic) bond motifs is 1. The van der Waals surface area contributed by atoms with Crippen LogP contribution in [0.2, 0.25) is 0 Å². The van der Waals surface area contributed by atoms with Gasteiger partial charge in [0.25, 0.3) is 0 Å². The quantitative estimate of drug-likeness (QED) is 0.451.